The zero-order valence-corrected chi connectivity index (χ0v) is 14.7. The molecule has 27 heavy (non-hydrogen) atoms. The van der Waals surface area contributed by atoms with Crippen molar-refractivity contribution in [3.8, 4) is 17.1 Å². The average molecular weight is 361 g/mol. The van der Waals surface area contributed by atoms with Crippen molar-refractivity contribution in [2.24, 2.45) is 0 Å². The van der Waals surface area contributed by atoms with Crippen molar-refractivity contribution < 1.29 is 10.2 Å². The molecule has 0 saturated heterocycles. The normalized spacial score (nSPS) is 12.2. The zero-order valence-electron chi connectivity index (χ0n) is 14.7. The second-order valence-electron chi connectivity index (χ2n) is 6.26. The standard InChI is InChI=1S/C20H19N5O2/c1-13(15-4-2-3-5-18(15)27)23-19-6-7-20-22-11-17(25(20)24-19)16-10-14(12-26)8-9-21-16/h2-11,13,26-27H,12H2,1H3,(H,23,24). The number of imidazole rings is 1. The molecule has 3 heterocycles. The molecule has 4 rings (SSSR count). The van der Waals surface area contributed by atoms with E-state index < -0.39 is 0 Å². The Morgan fingerprint density at radius 3 is 2.78 bits per heavy atom. The third-order valence-corrected chi connectivity index (χ3v) is 4.40. The predicted molar refractivity (Wildman–Crippen MR) is 102 cm³/mol. The number of hydrogen-bond acceptors (Lipinski definition) is 6. The van der Waals surface area contributed by atoms with Crippen LogP contribution in [0.5, 0.6) is 5.75 Å². The molecule has 0 aliphatic carbocycles. The molecule has 4 aromatic rings. The lowest BCUT2D eigenvalue weighted by Gasteiger charge is -2.16. The first-order valence-electron chi connectivity index (χ1n) is 8.61. The Labute approximate surface area is 156 Å². The van der Waals surface area contributed by atoms with Crippen LogP contribution in [0.3, 0.4) is 0 Å². The number of aliphatic hydroxyl groups is 1. The number of anilines is 1. The smallest absolute Gasteiger partial charge is 0.154 e. The highest BCUT2D eigenvalue weighted by Crippen LogP contribution is 2.26. The maximum absolute atomic E-state index is 10.0. The minimum absolute atomic E-state index is 0.0510. The van der Waals surface area contributed by atoms with Crippen LogP contribution in [-0.2, 0) is 6.61 Å². The van der Waals surface area contributed by atoms with Gasteiger partial charge in [0.15, 0.2) is 5.65 Å². The number of nitrogens with zero attached hydrogens (tertiary/aromatic N) is 4. The number of benzene rings is 1. The van der Waals surface area contributed by atoms with Gasteiger partial charge in [-0.2, -0.15) is 0 Å². The minimum Gasteiger partial charge on any atom is -0.508 e. The number of aromatic nitrogens is 4. The Morgan fingerprint density at radius 1 is 1.11 bits per heavy atom. The summed E-state index contributed by atoms with van der Waals surface area (Å²) in [7, 11) is 0. The number of pyridine rings is 1. The molecular weight excluding hydrogens is 342 g/mol. The molecule has 0 saturated carbocycles. The van der Waals surface area contributed by atoms with Gasteiger partial charge in [-0.1, -0.05) is 18.2 Å². The maximum Gasteiger partial charge on any atom is 0.154 e. The molecule has 0 amide bonds. The lowest BCUT2D eigenvalue weighted by molar-refractivity contribution is 0.282. The Bertz CT molecular complexity index is 1090. The monoisotopic (exact) mass is 361 g/mol. The molecule has 3 aromatic heterocycles. The number of aliphatic hydroxyl groups excluding tert-OH is 1. The molecule has 0 aliphatic rings. The number of fused-ring (bicyclic) bond motifs is 1. The highest BCUT2D eigenvalue weighted by Gasteiger charge is 2.13. The Hall–Kier alpha value is -3.45. The van der Waals surface area contributed by atoms with Crippen LogP contribution in [0.2, 0.25) is 0 Å². The van der Waals surface area contributed by atoms with Crippen LogP contribution in [0.15, 0.2) is 60.9 Å². The number of rotatable bonds is 5. The fraction of sp³-hybridized carbons (Fsp3) is 0.150. The van der Waals surface area contributed by atoms with Crippen LogP contribution < -0.4 is 5.32 Å². The highest BCUT2D eigenvalue weighted by atomic mass is 16.3. The molecule has 7 heteroatoms. The van der Waals surface area contributed by atoms with E-state index in [0.717, 1.165) is 16.8 Å². The first kappa shape index (κ1) is 17.0. The van der Waals surface area contributed by atoms with Gasteiger partial charge in [-0.25, -0.2) is 9.50 Å². The first-order valence-corrected chi connectivity index (χ1v) is 8.61. The molecule has 1 unspecified atom stereocenters. The van der Waals surface area contributed by atoms with Gasteiger partial charge in [0.1, 0.15) is 17.3 Å². The summed E-state index contributed by atoms with van der Waals surface area (Å²) in [5.41, 5.74) is 3.69. The maximum atomic E-state index is 10.0. The van der Waals surface area contributed by atoms with Crippen LogP contribution in [0, 0.1) is 0 Å². The molecule has 1 atom stereocenters. The summed E-state index contributed by atoms with van der Waals surface area (Å²) in [4.78, 5) is 8.74. The van der Waals surface area contributed by atoms with Gasteiger partial charge in [0, 0.05) is 11.8 Å². The predicted octanol–water partition coefficient (Wildman–Crippen LogP) is 3.16. The van der Waals surface area contributed by atoms with Crippen molar-refractivity contribution in [2.75, 3.05) is 5.32 Å². The summed E-state index contributed by atoms with van der Waals surface area (Å²) in [5, 5.41) is 27.3. The minimum atomic E-state index is -0.126. The number of nitrogens with one attached hydrogen (secondary N) is 1. The molecule has 1 aromatic carbocycles. The van der Waals surface area contributed by atoms with E-state index in [9.17, 15) is 10.2 Å². The SMILES string of the molecule is CC(Nc1ccc2ncc(-c3cc(CO)ccn3)n2n1)c1ccccc1O. The van der Waals surface area contributed by atoms with Crippen LogP contribution in [0.1, 0.15) is 24.1 Å². The third-order valence-electron chi connectivity index (χ3n) is 4.40. The van der Waals surface area contributed by atoms with Crippen molar-refractivity contribution in [2.45, 2.75) is 19.6 Å². The quantitative estimate of drug-likeness (QED) is 0.505. The Balaban J connectivity index is 1.68. The fourth-order valence-corrected chi connectivity index (χ4v) is 2.99. The van der Waals surface area contributed by atoms with Gasteiger partial charge in [-0.15, -0.1) is 5.10 Å². The molecule has 0 radical (unpaired) electrons. The first-order chi connectivity index (χ1) is 13.2. The fourth-order valence-electron chi connectivity index (χ4n) is 2.99. The van der Waals surface area contributed by atoms with Crippen molar-refractivity contribution in [3.63, 3.8) is 0 Å². The largest absolute Gasteiger partial charge is 0.508 e. The average Bonchev–Trinajstić information content (AvgIpc) is 3.11. The van der Waals surface area contributed by atoms with Crippen LogP contribution in [-0.4, -0.2) is 29.8 Å². The van der Waals surface area contributed by atoms with Crippen LogP contribution >= 0.6 is 0 Å². The molecule has 0 fully saturated rings. The third kappa shape index (κ3) is 3.32. The van der Waals surface area contributed by atoms with Gasteiger partial charge in [-0.05, 0) is 42.8 Å². The van der Waals surface area contributed by atoms with Gasteiger partial charge < -0.3 is 15.5 Å². The molecule has 0 spiro atoms. The second kappa shape index (κ2) is 7.05. The topological polar surface area (TPSA) is 95.6 Å². The number of aromatic hydroxyl groups is 1. The zero-order chi connectivity index (χ0) is 18.8. The lowest BCUT2D eigenvalue weighted by atomic mass is 10.1. The van der Waals surface area contributed by atoms with Crippen LogP contribution in [0.25, 0.3) is 17.0 Å². The summed E-state index contributed by atoms with van der Waals surface area (Å²) >= 11 is 0. The van der Waals surface area contributed by atoms with Gasteiger partial charge in [0.25, 0.3) is 0 Å². The second-order valence-corrected chi connectivity index (χ2v) is 6.26. The summed E-state index contributed by atoms with van der Waals surface area (Å²) in [6.07, 6.45) is 3.37. The van der Waals surface area contributed by atoms with Crippen LogP contribution in [0.4, 0.5) is 5.82 Å². The summed E-state index contributed by atoms with van der Waals surface area (Å²) in [6.45, 7) is 1.91. The number of phenolic OH excluding ortho intramolecular Hbond substituents is 1. The van der Waals surface area contributed by atoms with E-state index in [0.29, 0.717) is 17.2 Å². The van der Waals surface area contributed by atoms with E-state index in [1.165, 1.54) is 0 Å². The van der Waals surface area contributed by atoms with Gasteiger partial charge in [-0.3, -0.25) is 4.98 Å². The van der Waals surface area contributed by atoms with Gasteiger partial charge in [0.2, 0.25) is 0 Å². The molecule has 7 nitrogen and oxygen atoms in total. The van der Waals surface area contributed by atoms with Gasteiger partial charge in [0.05, 0.1) is 24.5 Å². The molecule has 0 aliphatic heterocycles. The molecule has 0 bridgehead atoms. The van der Waals surface area contributed by atoms with E-state index in [2.05, 4.69) is 20.4 Å². The highest BCUT2D eigenvalue weighted by molar-refractivity contribution is 5.61. The molecule has 136 valence electrons. The molecule has 3 N–H and O–H groups in total. The summed E-state index contributed by atoms with van der Waals surface area (Å²) < 4.78 is 1.71. The van der Waals surface area contributed by atoms with Crippen molar-refractivity contribution in [3.05, 3.63) is 72.1 Å². The molecular formula is C20H19N5O2. The van der Waals surface area contributed by atoms with E-state index in [1.807, 2.05) is 37.3 Å². The van der Waals surface area contributed by atoms with Crippen molar-refractivity contribution in [1.82, 2.24) is 19.6 Å². The van der Waals surface area contributed by atoms with E-state index in [-0.39, 0.29) is 18.4 Å². The lowest BCUT2D eigenvalue weighted by Crippen LogP contribution is -2.10. The number of para-hydroxylation sites is 1. The van der Waals surface area contributed by atoms with Gasteiger partial charge >= 0.3 is 0 Å². The Morgan fingerprint density at radius 2 is 1.96 bits per heavy atom. The van der Waals surface area contributed by atoms with Crippen molar-refractivity contribution >= 4 is 11.5 Å². The van der Waals surface area contributed by atoms with E-state index in [4.69, 9.17) is 0 Å². The van der Waals surface area contributed by atoms with Crippen molar-refractivity contribution in [1.29, 1.82) is 0 Å². The Kier molecular flexibility index (Phi) is 4.43. The summed E-state index contributed by atoms with van der Waals surface area (Å²) in [5.74, 6) is 0.891. The number of hydrogen-bond donors (Lipinski definition) is 3. The summed E-state index contributed by atoms with van der Waals surface area (Å²) in [6, 6.07) is 14.4. The number of phenols is 1. The van der Waals surface area contributed by atoms with E-state index in [1.54, 1.807) is 35.1 Å². The van der Waals surface area contributed by atoms with E-state index >= 15 is 0 Å².